The number of fused-ring (bicyclic) bond motifs is 1. The molecule has 4 heterocycles. The molecular formula is C17H21N7O. The van der Waals surface area contributed by atoms with Gasteiger partial charge in [0.2, 0.25) is 5.82 Å². The van der Waals surface area contributed by atoms with E-state index in [4.69, 9.17) is 0 Å². The molecule has 1 fully saturated rings. The van der Waals surface area contributed by atoms with Crippen LogP contribution in [0, 0.1) is 13.8 Å². The summed E-state index contributed by atoms with van der Waals surface area (Å²) in [4.78, 5) is 23.7. The second-order valence-corrected chi connectivity index (χ2v) is 6.56. The summed E-state index contributed by atoms with van der Waals surface area (Å²) in [6.45, 7) is 5.27. The van der Waals surface area contributed by atoms with E-state index in [0.717, 1.165) is 37.2 Å². The average Bonchev–Trinajstić information content (AvgIpc) is 3.24. The molecule has 1 saturated heterocycles. The smallest absolute Gasteiger partial charge is 0.293 e. The number of aryl methyl sites for hydroxylation is 2. The van der Waals surface area contributed by atoms with Crippen LogP contribution in [0.25, 0.3) is 5.78 Å². The summed E-state index contributed by atoms with van der Waals surface area (Å²) >= 11 is 0. The Balaban J connectivity index is 1.62. The lowest BCUT2D eigenvalue weighted by molar-refractivity contribution is 0.0571. The molecule has 3 aromatic heterocycles. The van der Waals surface area contributed by atoms with Crippen LogP contribution in [-0.4, -0.2) is 52.8 Å². The minimum atomic E-state index is -0.126. The minimum Gasteiger partial charge on any atom is -0.331 e. The summed E-state index contributed by atoms with van der Waals surface area (Å²) in [7, 11) is 0. The minimum absolute atomic E-state index is 0.114. The second-order valence-electron chi connectivity index (χ2n) is 6.56. The van der Waals surface area contributed by atoms with E-state index in [9.17, 15) is 4.79 Å². The molecule has 3 aromatic rings. The zero-order chi connectivity index (χ0) is 17.4. The summed E-state index contributed by atoms with van der Waals surface area (Å²) in [6, 6.07) is 3.94. The molecule has 0 radical (unpaired) electrons. The molecule has 0 unspecified atom stereocenters. The maximum Gasteiger partial charge on any atom is 0.293 e. The lowest BCUT2D eigenvalue weighted by Crippen LogP contribution is -2.46. The Morgan fingerprint density at radius 3 is 2.96 bits per heavy atom. The van der Waals surface area contributed by atoms with Gasteiger partial charge in [-0.1, -0.05) is 0 Å². The van der Waals surface area contributed by atoms with Gasteiger partial charge in [-0.3, -0.25) is 9.48 Å². The predicted octanol–water partition coefficient (Wildman–Crippen LogP) is 1.63. The van der Waals surface area contributed by atoms with Crippen molar-refractivity contribution in [3.63, 3.8) is 0 Å². The van der Waals surface area contributed by atoms with E-state index in [1.165, 1.54) is 0 Å². The number of aromatic nitrogens is 6. The van der Waals surface area contributed by atoms with Gasteiger partial charge in [0.25, 0.3) is 11.7 Å². The Kier molecular flexibility index (Phi) is 3.95. The number of likely N-dealkylation sites (tertiary alicyclic amines) is 1. The zero-order valence-electron chi connectivity index (χ0n) is 14.5. The van der Waals surface area contributed by atoms with Crippen molar-refractivity contribution in [3.8, 4) is 0 Å². The van der Waals surface area contributed by atoms with Crippen molar-refractivity contribution < 1.29 is 4.79 Å². The fraction of sp³-hybridized carbons (Fsp3) is 0.471. The Hall–Kier alpha value is -2.77. The monoisotopic (exact) mass is 339 g/mol. The van der Waals surface area contributed by atoms with Crippen LogP contribution in [0.5, 0.6) is 0 Å². The van der Waals surface area contributed by atoms with Gasteiger partial charge in [-0.15, -0.1) is 5.10 Å². The normalized spacial score (nSPS) is 18.0. The van der Waals surface area contributed by atoms with E-state index < -0.39 is 0 Å². The van der Waals surface area contributed by atoms with Gasteiger partial charge in [0.15, 0.2) is 0 Å². The molecule has 130 valence electrons. The first-order chi connectivity index (χ1) is 12.1. The average molecular weight is 339 g/mol. The number of nitrogens with zero attached hydrogens (tertiary/aromatic N) is 7. The van der Waals surface area contributed by atoms with Crippen LogP contribution in [-0.2, 0) is 6.54 Å². The Bertz CT molecular complexity index is 899. The third kappa shape index (κ3) is 2.99. The van der Waals surface area contributed by atoms with Crippen molar-refractivity contribution >= 4 is 11.7 Å². The molecule has 0 aromatic carbocycles. The van der Waals surface area contributed by atoms with Gasteiger partial charge in [0.05, 0.1) is 12.6 Å². The van der Waals surface area contributed by atoms with Crippen LogP contribution in [0.1, 0.15) is 41.3 Å². The van der Waals surface area contributed by atoms with E-state index in [1.54, 1.807) is 10.7 Å². The topological polar surface area (TPSA) is 81.2 Å². The van der Waals surface area contributed by atoms with Crippen LogP contribution < -0.4 is 0 Å². The number of hydrogen-bond donors (Lipinski definition) is 0. The van der Waals surface area contributed by atoms with E-state index in [0.29, 0.717) is 12.3 Å². The number of hydrogen-bond acceptors (Lipinski definition) is 5. The fourth-order valence-corrected chi connectivity index (χ4v) is 3.47. The maximum absolute atomic E-state index is 13.0. The molecule has 1 aliphatic rings. The van der Waals surface area contributed by atoms with Crippen LogP contribution in [0.4, 0.5) is 0 Å². The summed E-state index contributed by atoms with van der Waals surface area (Å²) < 4.78 is 3.51. The molecule has 0 aliphatic carbocycles. The van der Waals surface area contributed by atoms with E-state index in [2.05, 4.69) is 20.2 Å². The zero-order valence-corrected chi connectivity index (χ0v) is 14.5. The first-order valence-electron chi connectivity index (χ1n) is 8.61. The largest absolute Gasteiger partial charge is 0.331 e. The number of amides is 1. The first kappa shape index (κ1) is 15.7. The lowest BCUT2D eigenvalue weighted by Gasteiger charge is -2.34. The number of carbonyl (C=O) groups excluding carboxylic acids is 1. The molecule has 0 N–H and O–H groups in total. The van der Waals surface area contributed by atoms with Gasteiger partial charge in [0.1, 0.15) is 0 Å². The van der Waals surface area contributed by atoms with Crippen LogP contribution >= 0.6 is 0 Å². The second kappa shape index (κ2) is 6.27. The molecule has 1 amide bonds. The highest BCUT2D eigenvalue weighted by Gasteiger charge is 2.30. The van der Waals surface area contributed by atoms with Gasteiger partial charge in [-0.25, -0.2) is 9.50 Å². The molecule has 0 saturated carbocycles. The van der Waals surface area contributed by atoms with E-state index in [-0.39, 0.29) is 17.8 Å². The molecule has 8 heteroatoms. The summed E-state index contributed by atoms with van der Waals surface area (Å²) in [5, 5.41) is 8.66. The molecule has 1 aliphatic heterocycles. The molecule has 25 heavy (non-hydrogen) atoms. The molecule has 1 atom stereocenters. The SMILES string of the molecule is Cc1cc(C)n2nc(C(=O)N3CCCC[C@H]3Cn3cccn3)nc2n1. The summed E-state index contributed by atoms with van der Waals surface area (Å²) in [5.74, 6) is 0.564. The molecule has 0 bridgehead atoms. The number of carbonyl (C=O) groups is 1. The highest BCUT2D eigenvalue weighted by molar-refractivity contribution is 5.91. The third-order valence-electron chi connectivity index (χ3n) is 4.65. The van der Waals surface area contributed by atoms with Crippen molar-refractivity contribution in [1.29, 1.82) is 0 Å². The predicted molar refractivity (Wildman–Crippen MR) is 91.2 cm³/mol. The van der Waals surface area contributed by atoms with Crippen molar-refractivity contribution in [2.24, 2.45) is 0 Å². The molecule has 4 rings (SSSR count). The Labute approximate surface area is 145 Å². The standard InChI is InChI=1S/C17H21N7O/c1-12-10-13(2)24-17(19-12)20-15(21-24)16(25)23-9-4-3-6-14(23)11-22-8-5-7-18-22/h5,7-8,10,14H,3-4,6,9,11H2,1-2H3/t14-/m0/s1. The van der Waals surface area contributed by atoms with E-state index >= 15 is 0 Å². The van der Waals surface area contributed by atoms with Crippen molar-refractivity contribution in [2.45, 2.75) is 45.7 Å². The van der Waals surface area contributed by atoms with Crippen molar-refractivity contribution in [2.75, 3.05) is 6.54 Å². The number of piperidine rings is 1. The molecule has 0 spiro atoms. The van der Waals surface area contributed by atoms with Crippen LogP contribution in [0.3, 0.4) is 0 Å². The number of rotatable bonds is 3. The first-order valence-corrected chi connectivity index (χ1v) is 8.61. The third-order valence-corrected chi connectivity index (χ3v) is 4.65. The summed E-state index contributed by atoms with van der Waals surface area (Å²) in [5.41, 5.74) is 1.78. The molecular weight excluding hydrogens is 318 g/mol. The van der Waals surface area contributed by atoms with Gasteiger partial charge >= 0.3 is 0 Å². The highest BCUT2D eigenvalue weighted by Crippen LogP contribution is 2.20. The van der Waals surface area contributed by atoms with Gasteiger partial charge in [-0.2, -0.15) is 10.1 Å². The van der Waals surface area contributed by atoms with Crippen LogP contribution in [0.2, 0.25) is 0 Å². The fourth-order valence-electron chi connectivity index (χ4n) is 3.47. The quantitative estimate of drug-likeness (QED) is 0.724. The van der Waals surface area contributed by atoms with E-state index in [1.807, 2.05) is 41.8 Å². The Morgan fingerprint density at radius 1 is 1.28 bits per heavy atom. The highest BCUT2D eigenvalue weighted by atomic mass is 16.2. The van der Waals surface area contributed by atoms with Crippen molar-refractivity contribution in [3.05, 3.63) is 41.7 Å². The Morgan fingerprint density at radius 2 is 2.16 bits per heavy atom. The molecule has 8 nitrogen and oxygen atoms in total. The summed E-state index contributed by atoms with van der Waals surface area (Å²) in [6.07, 6.45) is 6.78. The van der Waals surface area contributed by atoms with Gasteiger partial charge < -0.3 is 4.90 Å². The van der Waals surface area contributed by atoms with Gasteiger partial charge in [-0.05, 0) is 45.2 Å². The lowest BCUT2D eigenvalue weighted by atomic mass is 10.0. The van der Waals surface area contributed by atoms with Gasteiger partial charge in [0, 0.05) is 30.3 Å². The maximum atomic E-state index is 13.0. The van der Waals surface area contributed by atoms with Crippen molar-refractivity contribution in [1.82, 2.24) is 34.3 Å². The van der Waals surface area contributed by atoms with Crippen LogP contribution in [0.15, 0.2) is 24.5 Å².